The zero-order valence-corrected chi connectivity index (χ0v) is 12.4. The maximum absolute atomic E-state index is 11.9. The average molecular weight is 290 g/mol. The van der Waals surface area contributed by atoms with Gasteiger partial charge in [-0.25, -0.2) is 4.98 Å². The number of rotatable bonds is 6. The number of carbonyl (C=O) groups excluding carboxylic acids is 1. The molecule has 0 bridgehead atoms. The Morgan fingerprint density at radius 1 is 1.40 bits per heavy atom. The van der Waals surface area contributed by atoms with Crippen molar-refractivity contribution in [3.63, 3.8) is 0 Å². The van der Waals surface area contributed by atoms with Crippen LogP contribution in [0.25, 0.3) is 0 Å². The Morgan fingerprint density at radius 3 is 2.95 bits per heavy atom. The molecule has 1 amide bonds. The monoisotopic (exact) mass is 290 g/mol. The Kier molecular flexibility index (Phi) is 5.12. The number of carbonyl (C=O) groups is 1. The first-order valence-electron chi connectivity index (χ1n) is 6.55. The van der Waals surface area contributed by atoms with E-state index in [1.165, 1.54) is 0 Å². The molecule has 20 heavy (non-hydrogen) atoms. The van der Waals surface area contributed by atoms with Gasteiger partial charge in [-0.3, -0.25) is 4.79 Å². The van der Waals surface area contributed by atoms with Crippen LogP contribution in [-0.2, 0) is 17.8 Å². The fourth-order valence-corrected chi connectivity index (χ4v) is 2.42. The van der Waals surface area contributed by atoms with E-state index in [1.807, 2.05) is 43.5 Å². The summed E-state index contributed by atoms with van der Waals surface area (Å²) < 4.78 is 5.62. The molecule has 0 aliphatic rings. The first-order valence-corrected chi connectivity index (χ1v) is 7.42. The van der Waals surface area contributed by atoms with Crippen molar-refractivity contribution in [3.8, 4) is 5.88 Å². The number of hydrogen-bond donors (Lipinski definition) is 1. The lowest BCUT2D eigenvalue weighted by Gasteiger charge is -2.13. The Labute approximate surface area is 122 Å². The molecule has 106 valence electrons. The predicted octanol–water partition coefficient (Wildman–Crippen LogP) is 2.79. The van der Waals surface area contributed by atoms with Crippen molar-refractivity contribution >= 4 is 17.2 Å². The van der Waals surface area contributed by atoms with Crippen molar-refractivity contribution < 1.29 is 9.53 Å². The number of amides is 1. The number of pyridine rings is 1. The van der Waals surface area contributed by atoms with Gasteiger partial charge in [-0.15, -0.1) is 11.3 Å². The smallest absolute Gasteiger partial charge is 0.225 e. The van der Waals surface area contributed by atoms with Gasteiger partial charge < -0.3 is 10.1 Å². The third-order valence-electron chi connectivity index (χ3n) is 2.59. The second-order valence-electron chi connectivity index (χ2n) is 4.67. The molecule has 4 nitrogen and oxygen atoms in total. The third kappa shape index (κ3) is 4.35. The van der Waals surface area contributed by atoms with Gasteiger partial charge in [0.05, 0.1) is 12.5 Å². The molecule has 0 aliphatic heterocycles. The van der Waals surface area contributed by atoms with Crippen molar-refractivity contribution in [2.24, 2.45) is 0 Å². The van der Waals surface area contributed by atoms with E-state index in [1.54, 1.807) is 17.5 Å². The molecule has 0 aliphatic carbocycles. The molecule has 0 fully saturated rings. The summed E-state index contributed by atoms with van der Waals surface area (Å²) >= 11 is 1.59. The van der Waals surface area contributed by atoms with Crippen LogP contribution in [0, 0.1) is 0 Å². The van der Waals surface area contributed by atoms with Crippen LogP contribution in [0.3, 0.4) is 0 Å². The minimum Gasteiger partial charge on any atom is -0.475 e. The summed E-state index contributed by atoms with van der Waals surface area (Å²) in [6.45, 7) is 4.34. The summed E-state index contributed by atoms with van der Waals surface area (Å²) in [5.74, 6) is 0.589. The zero-order valence-electron chi connectivity index (χ0n) is 11.6. The second-order valence-corrected chi connectivity index (χ2v) is 5.70. The Balaban J connectivity index is 1.91. The molecule has 0 atom stereocenters. The van der Waals surface area contributed by atoms with Gasteiger partial charge >= 0.3 is 0 Å². The summed E-state index contributed by atoms with van der Waals surface area (Å²) in [6.07, 6.45) is 2.16. The van der Waals surface area contributed by atoms with Crippen molar-refractivity contribution in [1.29, 1.82) is 0 Å². The van der Waals surface area contributed by atoms with Crippen LogP contribution in [-0.4, -0.2) is 17.0 Å². The van der Waals surface area contributed by atoms with Crippen LogP contribution in [0.1, 0.15) is 24.3 Å². The van der Waals surface area contributed by atoms with E-state index in [4.69, 9.17) is 4.74 Å². The van der Waals surface area contributed by atoms with Gasteiger partial charge in [-0.2, -0.15) is 0 Å². The normalized spacial score (nSPS) is 10.6. The number of thiophene rings is 1. The summed E-state index contributed by atoms with van der Waals surface area (Å²) in [4.78, 5) is 17.1. The van der Waals surface area contributed by atoms with Crippen LogP contribution in [0.4, 0.5) is 0 Å². The minimum atomic E-state index is 0.00630. The molecule has 2 rings (SSSR count). The Bertz CT molecular complexity index is 553. The molecule has 1 N–H and O–H groups in total. The van der Waals surface area contributed by atoms with Gasteiger partial charge in [-0.1, -0.05) is 12.1 Å². The molecule has 2 aromatic rings. The van der Waals surface area contributed by atoms with E-state index in [9.17, 15) is 4.79 Å². The van der Waals surface area contributed by atoms with Gasteiger partial charge in [0, 0.05) is 23.2 Å². The van der Waals surface area contributed by atoms with E-state index < -0.39 is 0 Å². The second kappa shape index (κ2) is 7.05. The molecular formula is C15H18N2O2S. The minimum absolute atomic E-state index is 0.00630. The van der Waals surface area contributed by atoms with Crippen LogP contribution in [0.5, 0.6) is 5.88 Å². The lowest BCUT2D eigenvalue weighted by molar-refractivity contribution is -0.120. The third-order valence-corrected chi connectivity index (χ3v) is 3.46. The number of ether oxygens (including phenoxy) is 1. The summed E-state index contributed by atoms with van der Waals surface area (Å²) in [5, 5.41) is 4.87. The Morgan fingerprint density at radius 2 is 2.25 bits per heavy atom. The van der Waals surface area contributed by atoms with E-state index in [0.717, 1.165) is 10.4 Å². The first kappa shape index (κ1) is 14.5. The fraction of sp³-hybridized carbons (Fsp3) is 0.333. The molecule has 0 unspecified atom stereocenters. The highest BCUT2D eigenvalue weighted by Crippen LogP contribution is 2.15. The van der Waals surface area contributed by atoms with Gasteiger partial charge in [0.25, 0.3) is 0 Å². The molecule has 2 aromatic heterocycles. The molecule has 0 radical (unpaired) electrons. The van der Waals surface area contributed by atoms with Gasteiger partial charge in [0.2, 0.25) is 11.8 Å². The summed E-state index contributed by atoms with van der Waals surface area (Å²) in [5.41, 5.74) is 0.890. The zero-order chi connectivity index (χ0) is 14.4. The van der Waals surface area contributed by atoms with Gasteiger partial charge in [-0.05, 0) is 31.4 Å². The average Bonchev–Trinajstić information content (AvgIpc) is 2.90. The summed E-state index contributed by atoms with van der Waals surface area (Å²) in [6, 6.07) is 7.66. The highest BCUT2D eigenvalue weighted by Gasteiger charge is 2.09. The molecule has 2 heterocycles. The van der Waals surface area contributed by atoms with E-state index >= 15 is 0 Å². The fourth-order valence-electron chi connectivity index (χ4n) is 1.72. The SMILES string of the molecule is CC(C)Oc1ncccc1CNC(=O)Cc1cccs1. The van der Waals surface area contributed by atoms with Gasteiger partial charge in [0.15, 0.2) is 0 Å². The maximum atomic E-state index is 11.9. The number of aromatic nitrogens is 1. The van der Waals surface area contributed by atoms with Crippen molar-refractivity contribution in [2.45, 2.75) is 32.9 Å². The Hall–Kier alpha value is -1.88. The van der Waals surface area contributed by atoms with Crippen molar-refractivity contribution in [1.82, 2.24) is 10.3 Å². The van der Waals surface area contributed by atoms with Crippen molar-refractivity contribution in [3.05, 3.63) is 46.3 Å². The van der Waals surface area contributed by atoms with Crippen molar-refractivity contribution in [2.75, 3.05) is 0 Å². The quantitative estimate of drug-likeness (QED) is 0.890. The number of nitrogens with zero attached hydrogens (tertiary/aromatic N) is 1. The largest absolute Gasteiger partial charge is 0.475 e. The van der Waals surface area contributed by atoms with Crippen LogP contribution in [0.2, 0.25) is 0 Å². The predicted molar refractivity (Wildman–Crippen MR) is 79.9 cm³/mol. The highest BCUT2D eigenvalue weighted by molar-refractivity contribution is 7.10. The highest BCUT2D eigenvalue weighted by atomic mass is 32.1. The topological polar surface area (TPSA) is 51.2 Å². The lowest BCUT2D eigenvalue weighted by atomic mass is 10.2. The molecular weight excluding hydrogens is 272 g/mol. The molecule has 0 saturated carbocycles. The number of hydrogen-bond acceptors (Lipinski definition) is 4. The van der Waals surface area contributed by atoms with Gasteiger partial charge in [0.1, 0.15) is 0 Å². The van der Waals surface area contributed by atoms with E-state index in [-0.39, 0.29) is 12.0 Å². The standard InChI is InChI=1S/C15H18N2O2S/c1-11(2)19-15-12(5-3-7-16-15)10-17-14(18)9-13-6-4-8-20-13/h3-8,11H,9-10H2,1-2H3,(H,17,18). The van der Waals surface area contributed by atoms with Crippen LogP contribution in [0.15, 0.2) is 35.8 Å². The van der Waals surface area contributed by atoms with Crippen LogP contribution < -0.4 is 10.1 Å². The maximum Gasteiger partial charge on any atom is 0.225 e. The van der Waals surface area contributed by atoms with Crippen LogP contribution >= 0.6 is 11.3 Å². The molecule has 0 spiro atoms. The molecule has 5 heteroatoms. The molecule has 0 saturated heterocycles. The van der Waals surface area contributed by atoms with E-state index in [0.29, 0.717) is 18.8 Å². The summed E-state index contributed by atoms with van der Waals surface area (Å²) in [7, 11) is 0. The lowest BCUT2D eigenvalue weighted by Crippen LogP contribution is -2.25. The first-order chi connectivity index (χ1) is 9.65. The molecule has 0 aromatic carbocycles. The number of nitrogens with one attached hydrogen (secondary N) is 1. The van der Waals surface area contributed by atoms with E-state index in [2.05, 4.69) is 10.3 Å².